The molecule has 0 aliphatic heterocycles. The van der Waals surface area contributed by atoms with E-state index in [0.29, 0.717) is 28.9 Å². The molecule has 0 bridgehead atoms. The number of nitrogens with zero attached hydrogens (tertiary/aromatic N) is 1. The van der Waals surface area contributed by atoms with E-state index in [0.717, 1.165) is 6.42 Å². The zero-order chi connectivity index (χ0) is 14.5. The number of hydrogen-bond donors (Lipinski definition) is 1. The maximum atomic E-state index is 5.86. The number of ether oxygens (including phenoxy) is 3. The van der Waals surface area contributed by atoms with Crippen LogP contribution in [0.3, 0.4) is 0 Å². The van der Waals surface area contributed by atoms with Crippen molar-refractivity contribution in [2.24, 2.45) is 0 Å². The minimum atomic E-state index is 0.298. The third-order valence-corrected chi connectivity index (χ3v) is 2.92. The van der Waals surface area contributed by atoms with Crippen LogP contribution in [0.15, 0.2) is 30.3 Å². The highest BCUT2D eigenvalue weighted by Gasteiger charge is 2.11. The molecule has 1 heterocycles. The van der Waals surface area contributed by atoms with Gasteiger partial charge in [-0.25, -0.2) is 0 Å². The smallest absolute Gasteiger partial charge is 0.246 e. The van der Waals surface area contributed by atoms with Crippen molar-refractivity contribution in [1.82, 2.24) is 4.98 Å². The summed E-state index contributed by atoms with van der Waals surface area (Å²) in [5, 5.41) is 0. The van der Waals surface area contributed by atoms with Crippen LogP contribution in [-0.4, -0.2) is 19.2 Å². The second kappa shape index (κ2) is 6.14. The topological polar surface area (TPSA) is 66.6 Å². The number of rotatable bonds is 5. The van der Waals surface area contributed by atoms with Gasteiger partial charge in [-0.2, -0.15) is 4.98 Å². The predicted molar refractivity (Wildman–Crippen MR) is 77.6 cm³/mol. The van der Waals surface area contributed by atoms with Crippen LogP contribution in [0.2, 0.25) is 0 Å². The molecule has 0 radical (unpaired) electrons. The van der Waals surface area contributed by atoms with Crippen LogP contribution in [0.5, 0.6) is 23.3 Å². The van der Waals surface area contributed by atoms with Crippen molar-refractivity contribution in [3.63, 3.8) is 0 Å². The van der Waals surface area contributed by atoms with Crippen molar-refractivity contribution < 1.29 is 14.2 Å². The second-order valence-corrected chi connectivity index (χ2v) is 4.19. The highest BCUT2D eigenvalue weighted by Crippen LogP contribution is 2.34. The van der Waals surface area contributed by atoms with Gasteiger partial charge in [0, 0.05) is 6.07 Å². The molecular formula is C15H18N2O3. The summed E-state index contributed by atoms with van der Waals surface area (Å²) in [4.78, 5) is 4.18. The van der Waals surface area contributed by atoms with Gasteiger partial charge in [-0.3, -0.25) is 0 Å². The summed E-state index contributed by atoms with van der Waals surface area (Å²) >= 11 is 0. The van der Waals surface area contributed by atoms with Crippen LogP contribution in [0.1, 0.15) is 12.5 Å². The molecule has 0 unspecified atom stereocenters. The van der Waals surface area contributed by atoms with E-state index in [9.17, 15) is 0 Å². The lowest BCUT2D eigenvalue weighted by atomic mass is 10.1. The van der Waals surface area contributed by atoms with Gasteiger partial charge in [0.2, 0.25) is 11.8 Å². The van der Waals surface area contributed by atoms with E-state index in [4.69, 9.17) is 19.9 Å². The Morgan fingerprint density at radius 2 is 1.85 bits per heavy atom. The van der Waals surface area contributed by atoms with Crippen LogP contribution in [-0.2, 0) is 6.42 Å². The Balaban J connectivity index is 2.34. The van der Waals surface area contributed by atoms with Gasteiger partial charge in [0.15, 0.2) is 11.5 Å². The number of anilines is 1. The van der Waals surface area contributed by atoms with Crippen molar-refractivity contribution in [3.05, 3.63) is 35.9 Å². The summed E-state index contributed by atoms with van der Waals surface area (Å²) in [5.41, 5.74) is 7.46. The minimum absolute atomic E-state index is 0.298. The Labute approximate surface area is 118 Å². The van der Waals surface area contributed by atoms with E-state index >= 15 is 0 Å². The second-order valence-electron chi connectivity index (χ2n) is 4.19. The molecule has 5 nitrogen and oxygen atoms in total. The number of benzene rings is 1. The molecule has 0 amide bonds. The molecule has 0 atom stereocenters. The van der Waals surface area contributed by atoms with Crippen LogP contribution in [0, 0.1) is 0 Å². The third kappa shape index (κ3) is 2.93. The molecule has 0 saturated carbocycles. The Morgan fingerprint density at radius 1 is 1.05 bits per heavy atom. The zero-order valence-electron chi connectivity index (χ0n) is 11.8. The summed E-state index contributed by atoms with van der Waals surface area (Å²) in [7, 11) is 3.14. The first kappa shape index (κ1) is 14.0. The van der Waals surface area contributed by atoms with Gasteiger partial charge in [0.25, 0.3) is 0 Å². The Kier molecular flexibility index (Phi) is 4.30. The number of nitrogens with two attached hydrogens (primary N) is 1. The van der Waals surface area contributed by atoms with Gasteiger partial charge < -0.3 is 19.9 Å². The normalized spacial score (nSPS) is 10.2. The molecule has 2 aromatic rings. The number of nitrogen functional groups attached to an aromatic ring is 1. The molecule has 0 saturated heterocycles. The number of hydrogen-bond acceptors (Lipinski definition) is 5. The van der Waals surface area contributed by atoms with Crippen molar-refractivity contribution in [2.45, 2.75) is 13.3 Å². The van der Waals surface area contributed by atoms with E-state index in [-0.39, 0.29) is 0 Å². The predicted octanol–water partition coefficient (Wildman–Crippen LogP) is 3.04. The van der Waals surface area contributed by atoms with Crippen LogP contribution in [0.4, 0.5) is 5.69 Å². The highest BCUT2D eigenvalue weighted by molar-refractivity contribution is 5.53. The monoisotopic (exact) mass is 274 g/mol. The van der Waals surface area contributed by atoms with E-state index in [2.05, 4.69) is 11.9 Å². The quantitative estimate of drug-likeness (QED) is 0.907. The lowest BCUT2D eigenvalue weighted by molar-refractivity contribution is 0.363. The Hall–Kier alpha value is -2.43. The van der Waals surface area contributed by atoms with E-state index in [1.807, 2.05) is 18.2 Å². The molecule has 0 fully saturated rings. The summed E-state index contributed by atoms with van der Waals surface area (Å²) in [6.07, 6.45) is 0.927. The minimum Gasteiger partial charge on any atom is -0.493 e. The first-order valence-corrected chi connectivity index (χ1v) is 6.33. The van der Waals surface area contributed by atoms with E-state index in [1.165, 1.54) is 5.56 Å². The zero-order valence-corrected chi connectivity index (χ0v) is 11.8. The highest BCUT2D eigenvalue weighted by atomic mass is 16.5. The van der Waals surface area contributed by atoms with Gasteiger partial charge in [0.1, 0.15) is 0 Å². The van der Waals surface area contributed by atoms with Crippen LogP contribution >= 0.6 is 0 Å². The summed E-state index contributed by atoms with van der Waals surface area (Å²) in [5.74, 6) is 1.95. The standard InChI is InChI=1S/C15H18N2O3/c1-4-10-5-7-12(13(9-10)18-2)20-15-11(16)6-8-14(17-15)19-3/h5-9H,4,16H2,1-3H3. The SMILES string of the molecule is CCc1ccc(Oc2nc(OC)ccc2N)c(OC)c1. The fraction of sp³-hybridized carbons (Fsp3) is 0.267. The molecule has 0 aliphatic carbocycles. The molecule has 2 N–H and O–H groups in total. The van der Waals surface area contributed by atoms with E-state index in [1.54, 1.807) is 26.4 Å². The fourth-order valence-electron chi connectivity index (χ4n) is 1.75. The van der Waals surface area contributed by atoms with Crippen LogP contribution < -0.4 is 19.9 Å². The molecule has 2 rings (SSSR count). The van der Waals surface area contributed by atoms with Crippen molar-refractivity contribution in [1.29, 1.82) is 0 Å². The van der Waals surface area contributed by atoms with Crippen molar-refractivity contribution in [2.75, 3.05) is 20.0 Å². The van der Waals surface area contributed by atoms with Gasteiger partial charge in [0.05, 0.1) is 19.9 Å². The molecule has 106 valence electrons. The Morgan fingerprint density at radius 3 is 2.50 bits per heavy atom. The molecule has 0 aliphatic rings. The number of aryl methyl sites for hydroxylation is 1. The number of pyridine rings is 1. The van der Waals surface area contributed by atoms with Crippen LogP contribution in [0.25, 0.3) is 0 Å². The Bertz CT molecular complexity index is 600. The molecule has 5 heteroatoms. The molecule has 0 spiro atoms. The fourth-order valence-corrected chi connectivity index (χ4v) is 1.75. The van der Waals surface area contributed by atoms with Gasteiger partial charge in [-0.15, -0.1) is 0 Å². The van der Waals surface area contributed by atoms with Gasteiger partial charge in [-0.1, -0.05) is 13.0 Å². The third-order valence-electron chi connectivity index (χ3n) is 2.92. The molecule has 1 aromatic carbocycles. The maximum absolute atomic E-state index is 5.86. The van der Waals surface area contributed by atoms with Crippen molar-refractivity contribution >= 4 is 5.69 Å². The average molecular weight is 274 g/mol. The summed E-state index contributed by atoms with van der Waals surface area (Å²) in [6, 6.07) is 9.13. The molecule has 1 aromatic heterocycles. The lowest BCUT2D eigenvalue weighted by Crippen LogP contribution is -1.98. The van der Waals surface area contributed by atoms with Crippen molar-refractivity contribution in [3.8, 4) is 23.3 Å². The first-order valence-electron chi connectivity index (χ1n) is 6.33. The molecular weight excluding hydrogens is 256 g/mol. The summed E-state index contributed by atoms with van der Waals surface area (Å²) in [6.45, 7) is 2.08. The first-order chi connectivity index (χ1) is 9.67. The largest absolute Gasteiger partial charge is 0.493 e. The molecule has 20 heavy (non-hydrogen) atoms. The van der Waals surface area contributed by atoms with Gasteiger partial charge >= 0.3 is 0 Å². The van der Waals surface area contributed by atoms with E-state index < -0.39 is 0 Å². The number of methoxy groups -OCH3 is 2. The summed E-state index contributed by atoms with van der Waals surface area (Å²) < 4.78 is 16.1. The average Bonchev–Trinajstić information content (AvgIpc) is 2.49. The lowest BCUT2D eigenvalue weighted by Gasteiger charge is -2.12. The maximum Gasteiger partial charge on any atom is 0.246 e. The number of aromatic nitrogens is 1. The van der Waals surface area contributed by atoms with Gasteiger partial charge in [-0.05, 0) is 30.2 Å².